The van der Waals surface area contributed by atoms with E-state index in [1.807, 2.05) is 52.0 Å². The van der Waals surface area contributed by atoms with E-state index >= 15 is 0 Å². The highest BCUT2D eigenvalue weighted by atomic mass is 79.9. The molecule has 5 nitrogen and oxygen atoms in total. The Kier molecular flexibility index (Phi) is 18.7. The summed E-state index contributed by atoms with van der Waals surface area (Å²) in [6.45, 7) is 21.7. The lowest BCUT2D eigenvalue weighted by Gasteiger charge is -2.27. The molecule has 0 radical (unpaired) electrons. The van der Waals surface area contributed by atoms with Gasteiger partial charge in [-0.3, -0.25) is 4.79 Å². The molecule has 0 saturated carbocycles. The van der Waals surface area contributed by atoms with Crippen molar-refractivity contribution in [2.75, 3.05) is 31.6 Å². The molecule has 2 heterocycles. The minimum absolute atomic E-state index is 0.0132. The number of benzene rings is 2. The number of ether oxygens (including phenoxy) is 3. The van der Waals surface area contributed by atoms with Crippen molar-refractivity contribution in [3.05, 3.63) is 83.1 Å². The van der Waals surface area contributed by atoms with Crippen molar-refractivity contribution in [1.82, 2.24) is 4.90 Å². The number of nitrogens with zero attached hydrogens (tertiary/aromatic N) is 1. The van der Waals surface area contributed by atoms with E-state index in [4.69, 9.17) is 14.2 Å². The lowest BCUT2D eigenvalue weighted by atomic mass is 10.1. The SMILES string of the molecule is C=C.C=C(C)CC.CC.CCBr.O=C(c1cc2c(cc1F)OC(c1ccc(Br)cc1)O2)N1CCOCC1. The van der Waals surface area contributed by atoms with Gasteiger partial charge in [0.2, 0.25) is 0 Å². The molecule has 206 valence electrons. The lowest BCUT2D eigenvalue weighted by molar-refractivity contribution is 0.0299. The first-order valence-electron chi connectivity index (χ1n) is 12.3. The summed E-state index contributed by atoms with van der Waals surface area (Å²) in [7, 11) is 0. The smallest absolute Gasteiger partial charge is 0.267 e. The Labute approximate surface area is 238 Å². The number of hydrogen-bond acceptors (Lipinski definition) is 4. The number of carbonyl (C=O) groups is 1. The Bertz CT molecular complexity index is 948. The Hall–Kier alpha value is -2.16. The number of hydrogen-bond donors (Lipinski definition) is 0. The average molecular weight is 645 g/mol. The van der Waals surface area contributed by atoms with Gasteiger partial charge in [0.25, 0.3) is 12.2 Å². The van der Waals surface area contributed by atoms with Gasteiger partial charge in [0, 0.05) is 34.5 Å². The van der Waals surface area contributed by atoms with Crippen LogP contribution in [0.2, 0.25) is 0 Å². The molecule has 0 spiro atoms. The van der Waals surface area contributed by atoms with Gasteiger partial charge in [0.05, 0.1) is 18.8 Å². The van der Waals surface area contributed by atoms with E-state index in [1.165, 1.54) is 17.7 Å². The number of allylic oxidation sites excluding steroid dienone is 1. The molecular weight excluding hydrogens is 605 g/mol. The third-order valence-electron chi connectivity index (χ3n) is 4.78. The van der Waals surface area contributed by atoms with E-state index in [0.29, 0.717) is 37.8 Å². The molecule has 0 aromatic heterocycles. The second-order valence-electron chi connectivity index (χ2n) is 7.38. The van der Waals surface area contributed by atoms with Crippen LogP contribution >= 0.6 is 31.9 Å². The molecule has 8 heteroatoms. The fourth-order valence-corrected chi connectivity index (χ4v) is 3.10. The molecule has 1 unspecified atom stereocenters. The summed E-state index contributed by atoms with van der Waals surface area (Å²) in [6, 6.07) is 10.1. The second kappa shape index (κ2) is 19.9. The first-order chi connectivity index (χ1) is 17.8. The summed E-state index contributed by atoms with van der Waals surface area (Å²) >= 11 is 6.52. The number of rotatable bonds is 3. The molecular formula is C29H40Br2FNO4. The largest absolute Gasteiger partial charge is 0.447 e. The number of fused-ring (bicyclic) bond motifs is 1. The molecule has 2 aliphatic rings. The number of halogens is 3. The van der Waals surface area contributed by atoms with Gasteiger partial charge in [-0.15, -0.1) is 19.7 Å². The molecule has 2 aliphatic heterocycles. The van der Waals surface area contributed by atoms with Crippen LogP contribution in [0, 0.1) is 5.82 Å². The molecule has 1 saturated heterocycles. The van der Waals surface area contributed by atoms with Crippen molar-refractivity contribution >= 4 is 37.8 Å². The highest BCUT2D eigenvalue weighted by molar-refractivity contribution is 9.10. The minimum atomic E-state index is -0.656. The van der Waals surface area contributed by atoms with E-state index in [-0.39, 0.29) is 11.5 Å². The van der Waals surface area contributed by atoms with E-state index in [9.17, 15) is 9.18 Å². The molecule has 2 aromatic rings. The van der Waals surface area contributed by atoms with Crippen LogP contribution in [0.15, 0.2) is 66.2 Å². The van der Waals surface area contributed by atoms with Crippen LogP contribution in [0.5, 0.6) is 11.5 Å². The fraction of sp³-hybridized carbons (Fsp3) is 0.414. The predicted octanol–water partition coefficient (Wildman–Crippen LogP) is 8.73. The standard InChI is InChI=1S/C18H15BrFNO4.C5H10.C2H5Br.C2H6.C2H4/c19-12-3-1-11(2-4-12)18-24-15-9-13(14(20)10-16(15)25-18)17(22)21-5-7-23-8-6-21;1-4-5(2)3;1-2-3;2*1-2/h1-4,9-10,18H,5-8H2;2,4H2,1,3H3;2H2,1H3;1-2H3;1-2H2. The van der Waals surface area contributed by atoms with Gasteiger partial charge in [0.1, 0.15) is 5.82 Å². The molecule has 2 aromatic carbocycles. The fourth-order valence-electron chi connectivity index (χ4n) is 2.83. The Balaban J connectivity index is 0.000000927. The van der Waals surface area contributed by atoms with Crippen LogP contribution < -0.4 is 9.47 Å². The Morgan fingerprint density at radius 3 is 1.97 bits per heavy atom. The zero-order chi connectivity index (χ0) is 28.4. The summed E-state index contributed by atoms with van der Waals surface area (Å²) in [4.78, 5) is 14.1. The maximum absolute atomic E-state index is 14.4. The maximum Gasteiger partial charge on any atom is 0.267 e. The zero-order valence-electron chi connectivity index (χ0n) is 22.6. The van der Waals surface area contributed by atoms with Crippen LogP contribution in [0.25, 0.3) is 0 Å². The highest BCUT2D eigenvalue weighted by Crippen LogP contribution is 2.42. The van der Waals surface area contributed by atoms with Crippen molar-refractivity contribution in [3.63, 3.8) is 0 Å². The van der Waals surface area contributed by atoms with E-state index in [1.54, 1.807) is 4.90 Å². The van der Waals surface area contributed by atoms with E-state index in [0.717, 1.165) is 21.8 Å². The molecule has 0 bridgehead atoms. The topological polar surface area (TPSA) is 48.0 Å². The van der Waals surface area contributed by atoms with Crippen molar-refractivity contribution in [2.24, 2.45) is 0 Å². The van der Waals surface area contributed by atoms with Crippen LogP contribution in [-0.2, 0) is 4.74 Å². The molecule has 37 heavy (non-hydrogen) atoms. The van der Waals surface area contributed by atoms with Gasteiger partial charge in [-0.25, -0.2) is 4.39 Å². The quantitative estimate of drug-likeness (QED) is 0.248. The van der Waals surface area contributed by atoms with Crippen LogP contribution in [0.3, 0.4) is 0 Å². The summed E-state index contributed by atoms with van der Waals surface area (Å²) in [6.07, 6.45) is 0.455. The van der Waals surface area contributed by atoms with Gasteiger partial charge < -0.3 is 19.1 Å². The van der Waals surface area contributed by atoms with Gasteiger partial charge >= 0.3 is 0 Å². The van der Waals surface area contributed by atoms with E-state index in [2.05, 4.69) is 58.5 Å². The maximum atomic E-state index is 14.4. The molecule has 1 atom stereocenters. The summed E-state index contributed by atoms with van der Waals surface area (Å²) in [5, 5.41) is 1.06. The average Bonchev–Trinajstić information content (AvgIpc) is 3.34. The molecule has 0 N–H and O–H groups in total. The van der Waals surface area contributed by atoms with Gasteiger partial charge in [-0.2, -0.15) is 0 Å². The van der Waals surface area contributed by atoms with Crippen molar-refractivity contribution in [1.29, 1.82) is 0 Å². The molecule has 4 rings (SSSR count). The second-order valence-corrected chi connectivity index (χ2v) is 9.42. The van der Waals surface area contributed by atoms with Gasteiger partial charge in [-0.1, -0.05) is 77.3 Å². The Morgan fingerprint density at radius 1 is 1.05 bits per heavy atom. The van der Waals surface area contributed by atoms with E-state index < -0.39 is 12.1 Å². The van der Waals surface area contributed by atoms with Crippen LogP contribution in [0.1, 0.15) is 63.3 Å². The zero-order valence-corrected chi connectivity index (χ0v) is 25.8. The monoisotopic (exact) mass is 643 g/mol. The third kappa shape index (κ3) is 11.8. The van der Waals surface area contributed by atoms with Crippen molar-refractivity contribution in [2.45, 2.75) is 47.3 Å². The first-order valence-corrected chi connectivity index (χ1v) is 14.2. The normalized spacial score (nSPS) is 14.7. The summed E-state index contributed by atoms with van der Waals surface area (Å²) in [5.41, 5.74) is 2.05. The number of alkyl halides is 1. The summed E-state index contributed by atoms with van der Waals surface area (Å²) < 4.78 is 32.0. The van der Waals surface area contributed by atoms with Gasteiger partial charge in [0.15, 0.2) is 11.5 Å². The minimum Gasteiger partial charge on any atom is -0.447 e. The highest BCUT2D eigenvalue weighted by Gasteiger charge is 2.30. The van der Waals surface area contributed by atoms with Crippen LogP contribution in [-0.4, -0.2) is 42.4 Å². The number of carbonyl (C=O) groups excluding carboxylic acids is 1. The molecule has 1 amide bonds. The third-order valence-corrected chi connectivity index (χ3v) is 5.30. The van der Waals surface area contributed by atoms with Gasteiger partial charge in [-0.05, 0) is 31.5 Å². The molecule has 1 fully saturated rings. The summed E-state index contributed by atoms with van der Waals surface area (Å²) in [5.74, 6) is -0.315. The number of morpholine rings is 1. The predicted molar refractivity (Wildman–Crippen MR) is 158 cm³/mol. The van der Waals surface area contributed by atoms with Crippen molar-refractivity contribution in [3.8, 4) is 11.5 Å². The lowest BCUT2D eigenvalue weighted by Crippen LogP contribution is -2.41. The molecule has 0 aliphatic carbocycles. The Morgan fingerprint density at radius 2 is 1.51 bits per heavy atom. The first kappa shape index (κ1) is 34.8. The number of amides is 1. The van der Waals surface area contributed by atoms with Crippen molar-refractivity contribution < 1.29 is 23.4 Å². The van der Waals surface area contributed by atoms with Crippen LogP contribution in [0.4, 0.5) is 4.39 Å².